The average molecular weight is 430 g/mol. The predicted molar refractivity (Wildman–Crippen MR) is 131 cm³/mol. The number of nitrogens with two attached hydrogens (primary N) is 1. The maximum atomic E-state index is 6.11. The van der Waals surface area contributed by atoms with Crippen molar-refractivity contribution >= 4 is 17.2 Å². The first kappa shape index (κ1) is 20.7. The number of hydrazine groups is 1. The molecule has 3 N–H and O–H groups in total. The third kappa shape index (κ3) is 3.78. The van der Waals surface area contributed by atoms with Crippen LogP contribution in [0.25, 0.3) is 16.8 Å². The number of allylic oxidation sites excluding steroid dienone is 2. The van der Waals surface area contributed by atoms with Crippen molar-refractivity contribution < 1.29 is 0 Å². The summed E-state index contributed by atoms with van der Waals surface area (Å²) < 4.78 is 0. The molecule has 7 nitrogen and oxygen atoms in total. The Kier molecular flexibility index (Phi) is 5.45. The minimum Gasteiger partial charge on any atom is -0.388 e. The predicted octanol–water partition coefficient (Wildman–Crippen LogP) is 3.11. The van der Waals surface area contributed by atoms with Crippen LogP contribution in [0.5, 0.6) is 0 Å². The van der Waals surface area contributed by atoms with Crippen LogP contribution in [-0.4, -0.2) is 66.3 Å². The molecule has 1 aromatic heterocycles. The van der Waals surface area contributed by atoms with Crippen LogP contribution in [0.1, 0.15) is 18.4 Å². The highest BCUT2D eigenvalue weighted by atomic mass is 15.6. The maximum absolute atomic E-state index is 6.11. The van der Waals surface area contributed by atoms with Crippen LogP contribution in [0, 0.1) is 0 Å². The SMILES string of the molecule is CNc1ccc(-c2nc(N3CCC(N)CC3)ncc2C2=CC3C(=CN(C)N3C)C=C2)cc1. The fourth-order valence-corrected chi connectivity index (χ4v) is 4.58. The second-order valence-corrected chi connectivity index (χ2v) is 8.76. The molecule has 2 aromatic rings. The second-order valence-electron chi connectivity index (χ2n) is 8.76. The van der Waals surface area contributed by atoms with E-state index in [0.29, 0.717) is 0 Å². The largest absolute Gasteiger partial charge is 0.388 e. The lowest BCUT2D eigenvalue weighted by molar-refractivity contribution is 0.0901. The van der Waals surface area contributed by atoms with E-state index in [1.54, 1.807) is 0 Å². The van der Waals surface area contributed by atoms with E-state index in [4.69, 9.17) is 15.7 Å². The van der Waals surface area contributed by atoms with Crippen molar-refractivity contribution in [2.75, 3.05) is 44.4 Å². The zero-order chi connectivity index (χ0) is 22.2. The van der Waals surface area contributed by atoms with E-state index in [1.165, 1.54) is 5.57 Å². The molecule has 1 aliphatic carbocycles. The van der Waals surface area contributed by atoms with Gasteiger partial charge in [0.05, 0.1) is 11.7 Å². The molecule has 7 heteroatoms. The van der Waals surface area contributed by atoms with Gasteiger partial charge in [-0.25, -0.2) is 15.0 Å². The van der Waals surface area contributed by atoms with Gasteiger partial charge in [-0.2, -0.15) is 0 Å². The highest BCUT2D eigenvalue weighted by Crippen LogP contribution is 2.35. The molecule has 32 heavy (non-hydrogen) atoms. The molecule has 0 radical (unpaired) electrons. The minimum absolute atomic E-state index is 0.225. The molecule has 0 bridgehead atoms. The zero-order valence-corrected chi connectivity index (χ0v) is 19.0. The Morgan fingerprint density at radius 1 is 1.06 bits per heavy atom. The topological polar surface area (TPSA) is 73.5 Å². The van der Waals surface area contributed by atoms with Gasteiger partial charge in [-0.15, -0.1) is 0 Å². The van der Waals surface area contributed by atoms with E-state index in [-0.39, 0.29) is 12.1 Å². The fourth-order valence-electron chi connectivity index (χ4n) is 4.58. The summed E-state index contributed by atoms with van der Waals surface area (Å²) in [5.74, 6) is 0.784. The van der Waals surface area contributed by atoms with Gasteiger partial charge in [0.25, 0.3) is 0 Å². The van der Waals surface area contributed by atoms with Crippen molar-refractivity contribution in [1.82, 2.24) is 20.0 Å². The molecule has 1 atom stereocenters. The quantitative estimate of drug-likeness (QED) is 0.774. The van der Waals surface area contributed by atoms with Gasteiger partial charge in [-0.1, -0.05) is 30.4 Å². The third-order valence-electron chi connectivity index (χ3n) is 6.73. The molecule has 1 aromatic carbocycles. The lowest BCUT2D eigenvalue weighted by atomic mass is 9.92. The number of hydrogen-bond acceptors (Lipinski definition) is 7. The van der Waals surface area contributed by atoms with Gasteiger partial charge in [0.15, 0.2) is 0 Å². The van der Waals surface area contributed by atoms with Crippen molar-refractivity contribution in [3.05, 3.63) is 66.0 Å². The number of hydrogen-bond donors (Lipinski definition) is 2. The maximum Gasteiger partial charge on any atom is 0.225 e. The Balaban J connectivity index is 1.56. The van der Waals surface area contributed by atoms with Crippen molar-refractivity contribution in [3.63, 3.8) is 0 Å². The zero-order valence-electron chi connectivity index (χ0n) is 19.0. The van der Waals surface area contributed by atoms with Gasteiger partial charge in [-0.05, 0) is 36.1 Å². The van der Waals surface area contributed by atoms with E-state index in [1.807, 2.05) is 13.2 Å². The average Bonchev–Trinajstić information content (AvgIpc) is 3.12. The number of piperidine rings is 1. The smallest absolute Gasteiger partial charge is 0.225 e. The number of nitrogens with zero attached hydrogens (tertiary/aromatic N) is 5. The molecule has 5 rings (SSSR count). The van der Waals surface area contributed by atoms with Crippen molar-refractivity contribution in [2.24, 2.45) is 5.73 Å². The molecular formula is C25H31N7. The van der Waals surface area contributed by atoms with E-state index < -0.39 is 0 Å². The summed E-state index contributed by atoms with van der Waals surface area (Å²) in [4.78, 5) is 12.1. The number of anilines is 2. The highest BCUT2D eigenvalue weighted by Gasteiger charge is 2.28. The summed E-state index contributed by atoms with van der Waals surface area (Å²) in [6, 6.07) is 8.94. The minimum atomic E-state index is 0.225. The van der Waals surface area contributed by atoms with Gasteiger partial charge in [-0.3, -0.25) is 0 Å². The molecule has 3 aliphatic rings. The van der Waals surface area contributed by atoms with E-state index in [0.717, 1.165) is 60.0 Å². The lowest BCUT2D eigenvalue weighted by Crippen LogP contribution is -2.40. The van der Waals surface area contributed by atoms with Crippen LogP contribution in [0.15, 0.2) is 60.5 Å². The number of benzene rings is 1. The van der Waals surface area contributed by atoms with E-state index in [9.17, 15) is 0 Å². The van der Waals surface area contributed by atoms with Gasteiger partial charge < -0.3 is 21.0 Å². The molecule has 1 fully saturated rings. The van der Waals surface area contributed by atoms with Crippen molar-refractivity contribution in [1.29, 1.82) is 0 Å². The van der Waals surface area contributed by atoms with E-state index in [2.05, 4.69) is 83.0 Å². The van der Waals surface area contributed by atoms with Gasteiger partial charge >= 0.3 is 0 Å². The molecule has 2 aliphatic heterocycles. The monoisotopic (exact) mass is 429 g/mol. The second kappa shape index (κ2) is 8.41. The summed E-state index contributed by atoms with van der Waals surface area (Å²) in [6.45, 7) is 1.79. The normalized spacial score (nSPS) is 21.4. The molecule has 3 heterocycles. The van der Waals surface area contributed by atoms with Gasteiger partial charge in [0, 0.05) is 69.5 Å². The Morgan fingerprint density at radius 2 is 1.81 bits per heavy atom. The first-order valence-corrected chi connectivity index (χ1v) is 11.3. The summed E-state index contributed by atoms with van der Waals surface area (Å²) >= 11 is 0. The first-order valence-electron chi connectivity index (χ1n) is 11.3. The van der Waals surface area contributed by atoms with Crippen LogP contribution in [0.4, 0.5) is 11.6 Å². The highest BCUT2D eigenvalue weighted by molar-refractivity contribution is 5.86. The summed E-state index contributed by atoms with van der Waals surface area (Å²) in [7, 11) is 6.12. The number of rotatable bonds is 4. The molecular weight excluding hydrogens is 398 g/mol. The number of nitrogens with one attached hydrogen (secondary N) is 1. The van der Waals surface area contributed by atoms with Crippen molar-refractivity contribution in [3.8, 4) is 11.3 Å². The van der Waals surface area contributed by atoms with Crippen molar-refractivity contribution in [2.45, 2.75) is 24.9 Å². The summed E-state index contributed by atoms with van der Waals surface area (Å²) in [5, 5.41) is 7.55. The molecule has 0 amide bonds. The third-order valence-corrected chi connectivity index (χ3v) is 6.73. The summed E-state index contributed by atoms with van der Waals surface area (Å²) in [5.41, 5.74) is 12.7. The van der Waals surface area contributed by atoms with E-state index >= 15 is 0 Å². The summed E-state index contributed by atoms with van der Waals surface area (Å²) in [6.07, 6.45) is 12.8. The number of likely N-dealkylation sites (N-methyl/N-ethyl adjacent to an activating group) is 1. The Bertz CT molecular complexity index is 1080. The Hall–Kier alpha value is -3.16. The molecule has 0 saturated carbocycles. The fraction of sp³-hybridized carbons (Fsp3) is 0.360. The molecule has 1 saturated heterocycles. The van der Waals surface area contributed by atoms with Crippen LogP contribution < -0.4 is 16.0 Å². The van der Waals surface area contributed by atoms with Crippen LogP contribution in [0.2, 0.25) is 0 Å². The van der Waals surface area contributed by atoms with Gasteiger partial charge in [0.1, 0.15) is 0 Å². The lowest BCUT2D eigenvalue weighted by Gasteiger charge is -2.30. The van der Waals surface area contributed by atoms with Crippen LogP contribution >= 0.6 is 0 Å². The standard InChI is InChI=1S/C25H31N7/c1-27-21-8-6-17(7-9-21)24-22(15-28-25(29-24)32-12-10-20(26)11-13-32)18-4-5-19-16-30(2)31(3)23(19)14-18/h4-9,14-16,20,23,27H,10-13,26H2,1-3H3. The molecule has 166 valence electrons. The van der Waals surface area contributed by atoms with Gasteiger partial charge in [0.2, 0.25) is 5.95 Å². The number of fused-ring (bicyclic) bond motifs is 1. The molecule has 0 spiro atoms. The Labute approximate surface area is 189 Å². The van der Waals surface area contributed by atoms with Crippen LogP contribution in [-0.2, 0) is 0 Å². The molecule has 1 unspecified atom stereocenters. The Morgan fingerprint density at radius 3 is 2.53 bits per heavy atom. The first-order chi connectivity index (χ1) is 15.5. The number of aromatic nitrogens is 2. The van der Waals surface area contributed by atoms with Crippen LogP contribution in [0.3, 0.4) is 0 Å².